The van der Waals surface area contributed by atoms with Crippen LogP contribution in [0.5, 0.6) is 0 Å². The second kappa shape index (κ2) is 7.38. The van der Waals surface area contributed by atoms with Gasteiger partial charge in [-0.25, -0.2) is 0 Å². The number of guanidine groups is 1. The van der Waals surface area contributed by atoms with Crippen molar-refractivity contribution in [3.05, 3.63) is 36.1 Å². The molecule has 0 unspecified atom stereocenters. The predicted octanol–water partition coefficient (Wildman–Crippen LogP) is 2.78. The van der Waals surface area contributed by atoms with E-state index in [4.69, 9.17) is 9.15 Å². The monoisotopic (exact) mass is 331 g/mol. The Kier molecular flexibility index (Phi) is 5.49. The molecule has 0 aliphatic heterocycles. The first-order valence-electron chi connectivity index (χ1n) is 7.89. The lowest BCUT2D eigenvalue weighted by atomic mass is 10.2. The minimum Gasteiger partial charge on any atom is -0.459 e. The lowest BCUT2D eigenvalue weighted by Crippen LogP contribution is -2.42. The summed E-state index contributed by atoms with van der Waals surface area (Å²) in [5.74, 6) is 1.11. The summed E-state index contributed by atoms with van der Waals surface area (Å²) in [4.78, 5) is 17.9. The van der Waals surface area contributed by atoms with Gasteiger partial charge >= 0.3 is 5.97 Å². The molecule has 0 bridgehead atoms. The fraction of sp³-hybridized carbons (Fsp3) is 0.444. The third-order valence-corrected chi connectivity index (χ3v) is 3.25. The molecule has 2 aromatic rings. The standard InChI is InChI=1S/C18H25N3O3/c1-18(2,3)24-16(22)11-20-17(19-4)21(5)12-14-10-13-8-6-7-9-15(13)23-14/h6-10H,11-12H2,1-5H3,(H,19,20). The number of aliphatic imine (C=N–C) groups is 1. The third-order valence-electron chi connectivity index (χ3n) is 3.25. The fourth-order valence-corrected chi connectivity index (χ4v) is 2.34. The van der Waals surface area contributed by atoms with Gasteiger partial charge in [0.05, 0.1) is 6.54 Å². The van der Waals surface area contributed by atoms with E-state index in [0.717, 1.165) is 16.7 Å². The number of para-hydroxylation sites is 1. The average Bonchev–Trinajstić information content (AvgIpc) is 2.88. The van der Waals surface area contributed by atoms with Crippen molar-refractivity contribution in [2.45, 2.75) is 32.9 Å². The highest BCUT2D eigenvalue weighted by atomic mass is 16.6. The number of nitrogens with one attached hydrogen (secondary N) is 1. The number of hydrogen-bond acceptors (Lipinski definition) is 4. The number of hydrogen-bond donors (Lipinski definition) is 1. The summed E-state index contributed by atoms with van der Waals surface area (Å²) in [6.07, 6.45) is 0. The molecule has 6 heteroatoms. The van der Waals surface area contributed by atoms with Gasteiger partial charge in [-0.15, -0.1) is 0 Å². The van der Waals surface area contributed by atoms with Crippen molar-refractivity contribution in [2.24, 2.45) is 4.99 Å². The van der Waals surface area contributed by atoms with Crippen LogP contribution in [0, 0.1) is 0 Å². The molecular weight excluding hydrogens is 306 g/mol. The molecule has 0 amide bonds. The Morgan fingerprint density at radius 3 is 2.67 bits per heavy atom. The van der Waals surface area contributed by atoms with Crippen LogP contribution in [0.4, 0.5) is 0 Å². The van der Waals surface area contributed by atoms with Crippen LogP contribution >= 0.6 is 0 Å². The average molecular weight is 331 g/mol. The topological polar surface area (TPSA) is 67.1 Å². The van der Waals surface area contributed by atoms with E-state index in [0.29, 0.717) is 12.5 Å². The number of rotatable bonds is 4. The van der Waals surface area contributed by atoms with Crippen LogP contribution < -0.4 is 5.32 Å². The normalized spacial score (nSPS) is 12.3. The Labute approximate surface area is 142 Å². The van der Waals surface area contributed by atoms with Gasteiger partial charge in [-0.1, -0.05) is 18.2 Å². The Bertz CT molecular complexity index is 695. The minimum atomic E-state index is -0.498. The zero-order valence-electron chi connectivity index (χ0n) is 14.9. The van der Waals surface area contributed by atoms with E-state index >= 15 is 0 Å². The predicted molar refractivity (Wildman–Crippen MR) is 94.9 cm³/mol. The van der Waals surface area contributed by atoms with Gasteiger partial charge in [0.25, 0.3) is 0 Å². The largest absolute Gasteiger partial charge is 0.459 e. The molecule has 24 heavy (non-hydrogen) atoms. The molecule has 0 radical (unpaired) electrons. The Hall–Kier alpha value is -2.50. The first kappa shape index (κ1) is 17.8. The van der Waals surface area contributed by atoms with E-state index in [1.54, 1.807) is 7.05 Å². The van der Waals surface area contributed by atoms with Crippen LogP contribution in [0.25, 0.3) is 11.0 Å². The minimum absolute atomic E-state index is 0.0639. The molecule has 0 spiro atoms. The lowest BCUT2D eigenvalue weighted by molar-refractivity contribution is -0.153. The zero-order chi connectivity index (χ0) is 17.7. The Morgan fingerprint density at radius 1 is 1.33 bits per heavy atom. The van der Waals surface area contributed by atoms with Gasteiger partial charge in [0.15, 0.2) is 5.96 Å². The maximum atomic E-state index is 11.8. The lowest BCUT2D eigenvalue weighted by Gasteiger charge is -2.23. The molecule has 0 fully saturated rings. The number of esters is 1. The van der Waals surface area contributed by atoms with Crippen LogP contribution in [-0.4, -0.2) is 43.1 Å². The molecule has 1 aromatic carbocycles. The summed E-state index contributed by atoms with van der Waals surface area (Å²) in [6.45, 7) is 6.13. The summed E-state index contributed by atoms with van der Waals surface area (Å²) in [5, 5.41) is 4.07. The second-order valence-corrected chi connectivity index (χ2v) is 6.59. The van der Waals surface area contributed by atoms with Crippen LogP contribution in [0.1, 0.15) is 26.5 Å². The van der Waals surface area contributed by atoms with Crippen LogP contribution in [0.2, 0.25) is 0 Å². The van der Waals surface area contributed by atoms with Gasteiger partial charge in [-0.3, -0.25) is 9.79 Å². The number of benzene rings is 1. The number of fused-ring (bicyclic) bond motifs is 1. The quantitative estimate of drug-likeness (QED) is 0.530. The van der Waals surface area contributed by atoms with Crippen LogP contribution in [0.15, 0.2) is 39.7 Å². The molecule has 1 N–H and O–H groups in total. The summed E-state index contributed by atoms with van der Waals surface area (Å²) >= 11 is 0. The van der Waals surface area contributed by atoms with Crippen molar-refractivity contribution in [1.82, 2.24) is 10.2 Å². The molecular formula is C18H25N3O3. The van der Waals surface area contributed by atoms with Gasteiger partial charge in [-0.2, -0.15) is 0 Å². The molecule has 130 valence electrons. The van der Waals surface area contributed by atoms with E-state index in [2.05, 4.69) is 10.3 Å². The number of carbonyl (C=O) groups is 1. The first-order chi connectivity index (χ1) is 11.3. The number of carbonyl (C=O) groups excluding carboxylic acids is 1. The second-order valence-electron chi connectivity index (χ2n) is 6.59. The summed E-state index contributed by atoms with van der Waals surface area (Å²) in [7, 11) is 3.56. The number of ether oxygens (including phenoxy) is 1. The third kappa shape index (κ3) is 5.01. The van der Waals surface area contributed by atoms with Gasteiger partial charge in [0, 0.05) is 19.5 Å². The van der Waals surface area contributed by atoms with Gasteiger partial charge in [0.1, 0.15) is 23.5 Å². The fourth-order valence-electron chi connectivity index (χ4n) is 2.34. The highest BCUT2D eigenvalue weighted by Crippen LogP contribution is 2.19. The molecule has 0 aliphatic carbocycles. The molecule has 1 aromatic heterocycles. The summed E-state index contributed by atoms with van der Waals surface area (Å²) in [6, 6.07) is 9.88. The van der Waals surface area contributed by atoms with Crippen molar-refractivity contribution in [1.29, 1.82) is 0 Å². The SMILES string of the molecule is CN=C(NCC(=O)OC(C)(C)C)N(C)Cc1cc2ccccc2o1. The summed E-state index contributed by atoms with van der Waals surface area (Å²) < 4.78 is 11.1. The first-order valence-corrected chi connectivity index (χ1v) is 7.89. The molecule has 0 atom stereocenters. The van der Waals surface area contributed by atoms with Crippen LogP contribution in [0.3, 0.4) is 0 Å². The van der Waals surface area contributed by atoms with E-state index in [9.17, 15) is 4.79 Å². The molecule has 0 saturated heterocycles. The molecule has 0 aliphatic rings. The van der Waals surface area contributed by atoms with E-state index < -0.39 is 5.60 Å². The van der Waals surface area contributed by atoms with Gasteiger partial charge < -0.3 is 19.4 Å². The van der Waals surface area contributed by atoms with Crippen molar-refractivity contribution in [2.75, 3.05) is 20.6 Å². The van der Waals surface area contributed by atoms with Crippen LogP contribution in [-0.2, 0) is 16.1 Å². The van der Waals surface area contributed by atoms with Crippen molar-refractivity contribution in [3.63, 3.8) is 0 Å². The van der Waals surface area contributed by atoms with E-state index in [1.807, 2.05) is 63.1 Å². The maximum absolute atomic E-state index is 11.8. The summed E-state index contributed by atoms with van der Waals surface area (Å²) in [5.41, 5.74) is 0.361. The molecule has 6 nitrogen and oxygen atoms in total. The van der Waals surface area contributed by atoms with Gasteiger partial charge in [0.2, 0.25) is 0 Å². The number of furan rings is 1. The molecule has 0 saturated carbocycles. The maximum Gasteiger partial charge on any atom is 0.325 e. The van der Waals surface area contributed by atoms with Crippen molar-refractivity contribution >= 4 is 22.9 Å². The number of nitrogens with zero attached hydrogens (tertiary/aromatic N) is 2. The van der Waals surface area contributed by atoms with Crippen molar-refractivity contribution in [3.8, 4) is 0 Å². The smallest absolute Gasteiger partial charge is 0.325 e. The Balaban J connectivity index is 1.94. The molecule has 2 rings (SSSR count). The molecule has 1 heterocycles. The van der Waals surface area contributed by atoms with E-state index in [1.165, 1.54) is 0 Å². The van der Waals surface area contributed by atoms with E-state index in [-0.39, 0.29) is 12.5 Å². The highest BCUT2D eigenvalue weighted by molar-refractivity contribution is 5.84. The highest BCUT2D eigenvalue weighted by Gasteiger charge is 2.17. The Morgan fingerprint density at radius 2 is 2.04 bits per heavy atom. The zero-order valence-corrected chi connectivity index (χ0v) is 14.9. The van der Waals surface area contributed by atoms with Gasteiger partial charge in [-0.05, 0) is 32.9 Å². The van der Waals surface area contributed by atoms with Crippen molar-refractivity contribution < 1.29 is 13.9 Å².